The van der Waals surface area contributed by atoms with Crippen molar-refractivity contribution >= 4 is 5.91 Å². The molecule has 116 valence electrons. The summed E-state index contributed by atoms with van der Waals surface area (Å²) < 4.78 is 0. The number of amides is 1. The van der Waals surface area contributed by atoms with E-state index in [4.69, 9.17) is 0 Å². The summed E-state index contributed by atoms with van der Waals surface area (Å²) in [5.41, 5.74) is 0. The van der Waals surface area contributed by atoms with Gasteiger partial charge in [0.1, 0.15) is 0 Å². The number of rotatable bonds is 7. The lowest BCUT2D eigenvalue weighted by atomic mass is 9.90. The molecule has 1 amide bonds. The van der Waals surface area contributed by atoms with Crippen LogP contribution in [0.4, 0.5) is 0 Å². The summed E-state index contributed by atoms with van der Waals surface area (Å²) in [5, 5.41) is 3.68. The maximum atomic E-state index is 12.2. The number of carbonyl (C=O) groups is 1. The molecule has 1 heterocycles. The number of nitrogens with one attached hydrogen (secondary N) is 1. The molecule has 2 atom stereocenters. The van der Waals surface area contributed by atoms with Crippen LogP contribution in [0, 0.1) is 5.92 Å². The highest BCUT2D eigenvalue weighted by Gasteiger charge is 2.32. The van der Waals surface area contributed by atoms with Crippen molar-refractivity contribution in [1.29, 1.82) is 0 Å². The fourth-order valence-electron chi connectivity index (χ4n) is 3.23. The van der Waals surface area contributed by atoms with Crippen molar-refractivity contribution in [3.05, 3.63) is 0 Å². The van der Waals surface area contributed by atoms with Gasteiger partial charge in [0, 0.05) is 32.2 Å². The molecule has 2 aliphatic rings. The van der Waals surface area contributed by atoms with Crippen molar-refractivity contribution < 1.29 is 4.79 Å². The van der Waals surface area contributed by atoms with Gasteiger partial charge < -0.3 is 10.2 Å². The lowest BCUT2D eigenvalue weighted by Crippen LogP contribution is -2.51. The molecule has 1 aliphatic heterocycles. The van der Waals surface area contributed by atoms with Crippen LogP contribution in [-0.2, 0) is 4.79 Å². The van der Waals surface area contributed by atoms with Crippen molar-refractivity contribution in [3.8, 4) is 0 Å². The Hall–Kier alpha value is -0.610. The largest absolute Gasteiger partial charge is 0.342 e. The zero-order valence-corrected chi connectivity index (χ0v) is 13.4. The summed E-state index contributed by atoms with van der Waals surface area (Å²) >= 11 is 0. The fourth-order valence-corrected chi connectivity index (χ4v) is 3.23. The number of hydrogen-bond acceptors (Lipinski definition) is 3. The molecule has 0 aromatic heterocycles. The maximum absolute atomic E-state index is 12.2. The Morgan fingerprint density at radius 2 is 2.05 bits per heavy atom. The van der Waals surface area contributed by atoms with Gasteiger partial charge in [0.25, 0.3) is 0 Å². The van der Waals surface area contributed by atoms with E-state index in [2.05, 4.69) is 24.1 Å². The van der Waals surface area contributed by atoms with Crippen molar-refractivity contribution in [1.82, 2.24) is 15.1 Å². The zero-order chi connectivity index (χ0) is 14.5. The van der Waals surface area contributed by atoms with Gasteiger partial charge in [-0.3, -0.25) is 9.69 Å². The van der Waals surface area contributed by atoms with Crippen LogP contribution < -0.4 is 5.32 Å². The molecule has 1 N–H and O–H groups in total. The summed E-state index contributed by atoms with van der Waals surface area (Å²) in [5.74, 6) is 0.997. The molecule has 2 rings (SSSR count). The minimum atomic E-state index is 0.308. The van der Waals surface area contributed by atoms with E-state index in [1.54, 1.807) is 0 Å². The van der Waals surface area contributed by atoms with Crippen LogP contribution in [0.5, 0.6) is 0 Å². The molecule has 2 fully saturated rings. The van der Waals surface area contributed by atoms with Gasteiger partial charge in [-0.05, 0) is 38.1 Å². The molecule has 1 saturated carbocycles. The van der Waals surface area contributed by atoms with Gasteiger partial charge in [-0.2, -0.15) is 0 Å². The second-order valence-electron chi connectivity index (χ2n) is 6.49. The third-order valence-corrected chi connectivity index (χ3v) is 4.85. The van der Waals surface area contributed by atoms with E-state index in [1.807, 2.05) is 11.9 Å². The monoisotopic (exact) mass is 281 g/mol. The summed E-state index contributed by atoms with van der Waals surface area (Å²) in [6.45, 7) is 8.35. The van der Waals surface area contributed by atoms with Crippen molar-refractivity contribution in [3.63, 3.8) is 0 Å². The van der Waals surface area contributed by atoms with E-state index in [0.29, 0.717) is 30.5 Å². The number of nitrogens with zero attached hydrogens (tertiary/aromatic N) is 2. The van der Waals surface area contributed by atoms with E-state index in [0.717, 1.165) is 19.6 Å². The van der Waals surface area contributed by atoms with Gasteiger partial charge in [-0.1, -0.05) is 20.3 Å². The molecule has 2 unspecified atom stereocenters. The van der Waals surface area contributed by atoms with Crippen LogP contribution in [0.15, 0.2) is 0 Å². The first-order chi connectivity index (χ1) is 9.65. The van der Waals surface area contributed by atoms with Crippen LogP contribution in [0.25, 0.3) is 0 Å². The molecule has 0 aromatic carbocycles. The number of likely N-dealkylation sites (N-methyl/N-ethyl adjacent to an activating group) is 1. The molecule has 1 saturated heterocycles. The molecule has 4 nitrogen and oxygen atoms in total. The van der Waals surface area contributed by atoms with Crippen molar-refractivity contribution in [2.75, 3.05) is 33.2 Å². The van der Waals surface area contributed by atoms with E-state index in [-0.39, 0.29) is 0 Å². The van der Waals surface area contributed by atoms with Crippen LogP contribution >= 0.6 is 0 Å². The summed E-state index contributed by atoms with van der Waals surface area (Å²) in [4.78, 5) is 16.5. The van der Waals surface area contributed by atoms with E-state index in [1.165, 1.54) is 32.1 Å². The molecule has 20 heavy (non-hydrogen) atoms. The fraction of sp³-hybridized carbons (Fsp3) is 0.938. The van der Waals surface area contributed by atoms with Crippen molar-refractivity contribution in [2.45, 2.75) is 58.0 Å². The summed E-state index contributed by atoms with van der Waals surface area (Å²) in [6.07, 6.45) is 5.97. The first-order valence-electron chi connectivity index (χ1n) is 8.37. The average molecular weight is 281 g/mol. The summed E-state index contributed by atoms with van der Waals surface area (Å²) in [6, 6.07) is 1.18. The number of likely N-dealkylation sites (tertiary alicyclic amines) is 1. The predicted molar refractivity (Wildman–Crippen MR) is 82.7 cm³/mol. The predicted octanol–water partition coefficient (Wildman–Crippen LogP) is 1.71. The van der Waals surface area contributed by atoms with Gasteiger partial charge in [0.15, 0.2) is 0 Å². The van der Waals surface area contributed by atoms with Gasteiger partial charge in [-0.25, -0.2) is 0 Å². The molecule has 0 radical (unpaired) electrons. The second kappa shape index (κ2) is 7.41. The quantitative estimate of drug-likeness (QED) is 0.771. The Bertz CT molecular complexity index is 317. The SMILES string of the molecule is CCCNC1CCN(CC(=O)N(C)C2CC2)CC1CC. The normalized spacial score (nSPS) is 27.6. The molecule has 0 aromatic rings. The Labute approximate surface area is 123 Å². The molecule has 1 aliphatic carbocycles. The first-order valence-corrected chi connectivity index (χ1v) is 8.37. The Kier molecular flexibility index (Phi) is 5.85. The van der Waals surface area contributed by atoms with E-state index >= 15 is 0 Å². The highest BCUT2D eigenvalue weighted by Crippen LogP contribution is 2.26. The molecule has 4 heteroatoms. The van der Waals surface area contributed by atoms with Gasteiger partial charge in [0.2, 0.25) is 5.91 Å². The van der Waals surface area contributed by atoms with Crippen molar-refractivity contribution in [2.24, 2.45) is 5.92 Å². The van der Waals surface area contributed by atoms with E-state index < -0.39 is 0 Å². The highest BCUT2D eigenvalue weighted by atomic mass is 16.2. The standard InChI is InChI=1S/C16H31N3O/c1-4-9-17-15-8-10-19(11-13(15)5-2)12-16(20)18(3)14-6-7-14/h13-15,17H,4-12H2,1-3H3. The first kappa shape index (κ1) is 15.8. The van der Waals surface area contributed by atoms with Crippen LogP contribution in [-0.4, -0.2) is 61.0 Å². The minimum absolute atomic E-state index is 0.308. The Balaban J connectivity index is 1.78. The highest BCUT2D eigenvalue weighted by molar-refractivity contribution is 5.78. The number of hydrogen-bond donors (Lipinski definition) is 1. The Morgan fingerprint density at radius 1 is 1.30 bits per heavy atom. The second-order valence-corrected chi connectivity index (χ2v) is 6.49. The number of piperidine rings is 1. The zero-order valence-electron chi connectivity index (χ0n) is 13.4. The maximum Gasteiger partial charge on any atom is 0.236 e. The third-order valence-electron chi connectivity index (χ3n) is 4.85. The summed E-state index contributed by atoms with van der Waals surface area (Å²) in [7, 11) is 1.97. The van der Waals surface area contributed by atoms with Crippen LogP contribution in [0.2, 0.25) is 0 Å². The lowest BCUT2D eigenvalue weighted by Gasteiger charge is -2.39. The van der Waals surface area contributed by atoms with Gasteiger partial charge >= 0.3 is 0 Å². The van der Waals surface area contributed by atoms with Gasteiger partial charge in [0.05, 0.1) is 6.54 Å². The topological polar surface area (TPSA) is 35.6 Å². The molecule has 0 bridgehead atoms. The van der Waals surface area contributed by atoms with E-state index in [9.17, 15) is 4.79 Å². The third kappa shape index (κ3) is 4.19. The molecule has 0 spiro atoms. The Morgan fingerprint density at radius 3 is 2.65 bits per heavy atom. The minimum Gasteiger partial charge on any atom is -0.342 e. The van der Waals surface area contributed by atoms with Crippen LogP contribution in [0.3, 0.4) is 0 Å². The average Bonchev–Trinajstić information content (AvgIpc) is 3.29. The van der Waals surface area contributed by atoms with Gasteiger partial charge in [-0.15, -0.1) is 0 Å². The lowest BCUT2D eigenvalue weighted by molar-refractivity contribution is -0.132. The molecular weight excluding hydrogens is 250 g/mol. The van der Waals surface area contributed by atoms with Crippen LogP contribution in [0.1, 0.15) is 46.0 Å². The molecular formula is C16H31N3O. The number of carbonyl (C=O) groups excluding carboxylic acids is 1. The smallest absolute Gasteiger partial charge is 0.236 e.